The number of hydrogen-bond donors (Lipinski definition) is 1. The first-order valence-corrected chi connectivity index (χ1v) is 8.51. The molecule has 0 aliphatic rings. The van der Waals surface area contributed by atoms with E-state index >= 15 is 0 Å². The molecule has 2 rings (SSSR count). The highest BCUT2D eigenvalue weighted by atomic mass is 35.5. The Morgan fingerprint density at radius 2 is 1.96 bits per heavy atom. The van der Waals surface area contributed by atoms with Gasteiger partial charge in [0.2, 0.25) is 5.91 Å². The number of amides is 1. The molecule has 1 atom stereocenters. The number of anilines is 1. The van der Waals surface area contributed by atoms with Gasteiger partial charge in [-0.1, -0.05) is 17.7 Å². The Hall–Kier alpha value is -2.19. The van der Waals surface area contributed by atoms with E-state index in [9.17, 15) is 23.7 Å². The highest BCUT2D eigenvalue weighted by Crippen LogP contribution is 2.32. The number of thioether (sulfide) groups is 1. The average molecular weight is 387 g/mol. The van der Waals surface area contributed by atoms with Gasteiger partial charge in [-0.05, 0) is 25.1 Å². The van der Waals surface area contributed by atoms with Gasteiger partial charge < -0.3 is 5.32 Å². The van der Waals surface area contributed by atoms with Gasteiger partial charge in [0, 0.05) is 22.9 Å². The number of halogens is 3. The molecule has 0 saturated heterocycles. The third-order valence-corrected chi connectivity index (χ3v) is 4.80. The number of hydrogen-bond acceptors (Lipinski definition) is 4. The molecule has 0 saturated carbocycles. The van der Waals surface area contributed by atoms with Crippen molar-refractivity contribution in [2.75, 3.05) is 11.1 Å². The fraction of sp³-hybridized carbons (Fsp3) is 0.188. The molecule has 0 aliphatic carbocycles. The van der Waals surface area contributed by atoms with E-state index < -0.39 is 27.7 Å². The van der Waals surface area contributed by atoms with Gasteiger partial charge in [-0.2, -0.15) is 0 Å². The number of nitrogens with one attached hydrogen (secondary N) is 1. The van der Waals surface area contributed by atoms with Crippen molar-refractivity contribution in [1.82, 2.24) is 0 Å². The molecule has 0 heterocycles. The Morgan fingerprint density at radius 1 is 1.32 bits per heavy atom. The summed E-state index contributed by atoms with van der Waals surface area (Å²) in [4.78, 5) is 22.2. The maximum Gasteiger partial charge on any atom is 0.271 e. The largest absolute Gasteiger partial charge is 0.324 e. The number of nitrogens with zero attached hydrogens (tertiary/aromatic N) is 1. The molecule has 5 nitrogen and oxygen atoms in total. The maximum absolute atomic E-state index is 13.7. The highest BCUT2D eigenvalue weighted by molar-refractivity contribution is 8.00. The molecule has 132 valence electrons. The number of benzene rings is 2. The van der Waals surface area contributed by atoms with Gasteiger partial charge in [0.25, 0.3) is 5.69 Å². The zero-order chi connectivity index (χ0) is 18.6. The van der Waals surface area contributed by atoms with E-state index in [1.165, 1.54) is 18.2 Å². The minimum Gasteiger partial charge on any atom is -0.324 e. The van der Waals surface area contributed by atoms with Crippen molar-refractivity contribution in [3.8, 4) is 0 Å². The summed E-state index contributed by atoms with van der Waals surface area (Å²) in [5.41, 5.74) is -0.214. The van der Waals surface area contributed by atoms with E-state index in [0.29, 0.717) is 0 Å². The predicted molar refractivity (Wildman–Crippen MR) is 94.0 cm³/mol. The summed E-state index contributed by atoms with van der Waals surface area (Å²) in [6.07, 6.45) is 0. The first kappa shape index (κ1) is 19.1. The van der Waals surface area contributed by atoms with Gasteiger partial charge in [0.1, 0.15) is 11.6 Å². The summed E-state index contributed by atoms with van der Waals surface area (Å²) < 4.78 is 27.4. The fourth-order valence-corrected chi connectivity index (χ4v) is 3.12. The van der Waals surface area contributed by atoms with Crippen LogP contribution in [0.3, 0.4) is 0 Å². The van der Waals surface area contributed by atoms with Gasteiger partial charge >= 0.3 is 0 Å². The van der Waals surface area contributed by atoms with E-state index in [1.54, 1.807) is 6.92 Å². The number of rotatable bonds is 6. The Morgan fingerprint density at radius 3 is 2.56 bits per heavy atom. The third-order valence-electron chi connectivity index (χ3n) is 3.31. The van der Waals surface area contributed by atoms with Crippen molar-refractivity contribution in [1.29, 1.82) is 0 Å². The molecule has 1 amide bonds. The molecule has 0 spiro atoms. The Bertz CT molecular complexity index is 800. The molecule has 0 aliphatic heterocycles. The molecular weight excluding hydrogens is 374 g/mol. The SMILES string of the molecule is CC(SCC(=O)Nc1cc([N+](=O)[O-])ccc1Cl)c1c(F)cccc1F. The summed E-state index contributed by atoms with van der Waals surface area (Å²) >= 11 is 6.93. The van der Waals surface area contributed by atoms with E-state index in [1.807, 2.05) is 0 Å². The van der Waals surface area contributed by atoms with Crippen molar-refractivity contribution in [2.45, 2.75) is 12.2 Å². The monoisotopic (exact) mass is 386 g/mol. The minimum absolute atomic E-state index is 0.103. The topological polar surface area (TPSA) is 72.2 Å². The van der Waals surface area contributed by atoms with Crippen molar-refractivity contribution in [3.63, 3.8) is 0 Å². The second-order valence-electron chi connectivity index (χ2n) is 5.06. The fourth-order valence-electron chi connectivity index (χ4n) is 2.09. The van der Waals surface area contributed by atoms with E-state index in [4.69, 9.17) is 11.6 Å². The van der Waals surface area contributed by atoms with Crippen molar-refractivity contribution < 1.29 is 18.5 Å². The summed E-state index contributed by atoms with van der Waals surface area (Å²) in [6.45, 7) is 1.58. The van der Waals surface area contributed by atoms with Crippen LogP contribution >= 0.6 is 23.4 Å². The van der Waals surface area contributed by atoms with Gasteiger partial charge in [-0.25, -0.2) is 8.78 Å². The molecule has 2 aromatic carbocycles. The van der Waals surface area contributed by atoms with Crippen molar-refractivity contribution in [2.24, 2.45) is 0 Å². The first-order valence-electron chi connectivity index (χ1n) is 7.09. The number of carbonyl (C=O) groups is 1. The average Bonchev–Trinajstić information content (AvgIpc) is 2.54. The van der Waals surface area contributed by atoms with Crippen LogP contribution in [-0.2, 0) is 4.79 Å². The Labute approximate surface area is 151 Å². The van der Waals surface area contributed by atoms with Crippen LogP contribution in [0.15, 0.2) is 36.4 Å². The highest BCUT2D eigenvalue weighted by Gasteiger charge is 2.18. The quantitative estimate of drug-likeness (QED) is 0.562. The molecule has 1 N–H and O–H groups in total. The smallest absolute Gasteiger partial charge is 0.271 e. The van der Waals surface area contributed by atoms with Crippen LogP contribution in [0.5, 0.6) is 0 Å². The van der Waals surface area contributed by atoms with Crippen LogP contribution < -0.4 is 5.32 Å². The minimum atomic E-state index is -0.679. The maximum atomic E-state index is 13.7. The number of carbonyl (C=O) groups excluding carboxylic acids is 1. The third kappa shape index (κ3) is 4.90. The van der Waals surface area contributed by atoms with Gasteiger partial charge in [0.15, 0.2) is 0 Å². The van der Waals surface area contributed by atoms with Crippen molar-refractivity contribution in [3.05, 3.63) is 68.7 Å². The summed E-state index contributed by atoms with van der Waals surface area (Å²) in [7, 11) is 0. The van der Waals surface area contributed by atoms with E-state index in [-0.39, 0.29) is 27.7 Å². The number of nitro benzene ring substituents is 1. The molecule has 0 aromatic heterocycles. The van der Waals surface area contributed by atoms with Gasteiger partial charge in [0.05, 0.1) is 21.4 Å². The lowest BCUT2D eigenvalue weighted by Crippen LogP contribution is -2.15. The molecular formula is C16H13ClF2N2O3S. The number of non-ortho nitro benzene ring substituents is 1. The summed E-state index contributed by atoms with van der Waals surface area (Å²) in [6, 6.07) is 7.24. The van der Waals surface area contributed by atoms with Crippen LogP contribution in [0.1, 0.15) is 17.7 Å². The van der Waals surface area contributed by atoms with Crippen LogP contribution in [0.2, 0.25) is 5.02 Å². The molecule has 0 fully saturated rings. The standard InChI is InChI=1S/C16H13ClF2N2O3S/c1-9(16-12(18)3-2-4-13(16)19)25-8-15(22)20-14-7-10(21(23)24)5-6-11(14)17/h2-7,9H,8H2,1H3,(H,20,22). The first-order chi connectivity index (χ1) is 11.8. The lowest BCUT2D eigenvalue weighted by atomic mass is 10.1. The molecule has 1 unspecified atom stereocenters. The summed E-state index contributed by atoms with van der Waals surface area (Å²) in [5, 5.41) is 12.8. The van der Waals surface area contributed by atoms with E-state index in [2.05, 4.69) is 5.32 Å². The zero-order valence-electron chi connectivity index (χ0n) is 13.0. The molecule has 2 aromatic rings. The number of nitro groups is 1. The van der Waals surface area contributed by atoms with Gasteiger partial charge in [-0.15, -0.1) is 11.8 Å². The van der Waals surface area contributed by atoms with Gasteiger partial charge in [-0.3, -0.25) is 14.9 Å². The van der Waals surface area contributed by atoms with Crippen molar-refractivity contribution >= 4 is 40.6 Å². The summed E-state index contributed by atoms with van der Waals surface area (Å²) in [5.74, 6) is -1.95. The Kier molecular flexibility index (Phi) is 6.33. The lowest BCUT2D eigenvalue weighted by Gasteiger charge is -2.13. The molecule has 0 radical (unpaired) electrons. The molecule has 25 heavy (non-hydrogen) atoms. The van der Waals surface area contributed by atoms with Crippen LogP contribution in [0.25, 0.3) is 0 Å². The molecule has 0 bridgehead atoms. The zero-order valence-corrected chi connectivity index (χ0v) is 14.5. The predicted octanol–water partition coefficient (Wildman–Crippen LogP) is 4.96. The van der Waals surface area contributed by atoms with Crippen LogP contribution in [0.4, 0.5) is 20.2 Å². The lowest BCUT2D eigenvalue weighted by molar-refractivity contribution is -0.384. The van der Waals surface area contributed by atoms with Crippen LogP contribution in [-0.4, -0.2) is 16.6 Å². The normalized spacial score (nSPS) is 11.8. The second-order valence-corrected chi connectivity index (χ2v) is 6.79. The second kappa shape index (κ2) is 8.26. The Balaban J connectivity index is 2.01. The molecule has 9 heteroatoms. The van der Waals surface area contributed by atoms with Crippen LogP contribution in [0, 0.1) is 21.7 Å². The van der Waals surface area contributed by atoms with E-state index in [0.717, 1.165) is 30.0 Å².